The molecular weight excluding hydrogens is 132 g/mol. The molecule has 0 N–H and O–H groups in total. The number of rotatable bonds is 0. The molecule has 0 aliphatic heterocycles. The summed E-state index contributed by atoms with van der Waals surface area (Å²) < 4.78 is 0. The lowest BCUT2D eigenvalue weighted by molar-refractivity contribution is 0.400. The summed E-state index contributed by atoms with van der Waals surface area (Å²) in [5.74, 6) is 2.98. The Morgan fingerprint density at radius 2 is 1.91 bits per heavy atom. The van der Waals surface area contributed by atoms with Crippen molar-refractivity contribution in [2.75, 3.05) is 0 Å². The summed E-state index contributed by atoms with van der Waals surface area (Å²) in [6.07, 6.45) is 12.1. The lowest BCUT2D eigenvalue weighted by Crippen LogP contribution is -2.04. The van der Waals surface area contributed by atoms with Crippen molar-refractivity contribution in [1.82, 2.24) is 0 Å². The van der Waals surface area contributed by atoms with Crippen molar-refractivity contribution < 1.29 is 0 Å². The van der Waals surface area contributed by atoms with E-state index in [0.717, 1.165) is 17.8 Å². The monoisotopic (exact) mass is 150 g/mol. The Bertz CT molecular complexity index is 157. The summed E-state index contributed by atoms with van der Waals surface area (Å²) in [7, 11) is 0. The summed E-state index contributed by atoms with van der Waals surface area (Å²) in [6, 6.07) is 0. The minimum Gasteiger partial charge on any atom is -0.0880 e. The van der Waals surface area contributed by atoms with E-state index in [0.29, 0.717) is 0 Å². The summed E-state index contributed by atoms with van der Waals surface area (Å²) in [6.45, 7) is 2.41. The van der Waals surface area contributed by atoms with E-state index in [1.165, 1.54) is 32.1 Å². The van der Waals surface area contributed by atoms with Crippen molar-refractivity contribution in [3.8, 4) is 0 Å². The first-order valence-corrected chi connectivity index (χ1v) is 5.03. The summed E-state index contributed by atoms with van der Waals surface area (Å²) >= 11 is 0. The van der Waals surface area contributed by atoms with E-state index in [9.17, 15) is 0 Å². The van der Waals surface area contributed by atoms with Crippen LogP contribution in [0, 0.1) is 17.8 Å². The van der Waals surface area contributed by atoms with Crippen LogP contribution in [-0.2, 0) is 0 Å². The molecule has 1 fully saturated rings. The Morgan fingerprint density at radius 3 is 2.82 bits per heavy atom. The van der Waals surface area contributed by atoms with Crippen LogP contribution < -0.4 is 0 Å². The Kier molecular flexibility index (Phi) is 2.02. The van der Waals surface area contributed by atoms with Gasteiger partial charge in [0.25, 0.3) is 0 Å². The Balaban J connectivity index is 1.99. The van der Waals surface area contributed by atoms with Gasteiger partial charge in [-0.05, 0) is 37.0 Å². The van der Waals surface area contributed by atoms with Crippen LogP contribution in [0.2, 0.25) is 0 Å². The largest absolute Gasteiger partial charge is 0.0880 e. The van der Waals surface area contributed by atoms with E-state index in [1.54, 1.807) is 0 Å². The minimum absolute atomic E-state index is 0.958. The molecule has 0 saturated heterocycles. The first kappa shape index (κ1) is 7.39. The molecule has 0 aromatic carbocycles. The zero-order valence-corrected chi connectivity index (χ0v) is 7.42. The quantitative estimate of drug-likeness (QED) is 0.464. The minimum atomic E-state index is 0.958. The predicted octanol–water partition coefficient (Wildman–Crippen LogP) is 3.39. The summed E-state index contributed by atoms with van der Waals surface area (Å²) in [5, 5.41) is 0. The van der Waals surface area contributed by atoms with Crippen LogP contribution in [0.1, 0.15) is 39.0 Å². The fourth-order valence-electron chi connectivity index (χ4n) is 2.54. The maximum atomic E-state index is 2.46. The maximum absolute atomic E-state index is 2.46. The molecular formula is C11H18. The van der Waals surface area contributed by atoms with E-state index in [2.05, 4.69) is 19.1 Å². The molecule has 2 aliphatic rings. The highest BCUT2D eigenvalue weighted by molar-refractivity contribution is 5.01. The molecule has 0 aromatic heterocycles. The van der Waals surface area contributed by atoms with Gasteiger partial charge in [-0.2, -0.15) is 0 Å². The van der Waals surface area contributed by atoms with E-state index >= 15 is 0 Å². The second kappa shape index (κ2) is 3.00. The van der Waals surface area contributed by atoms with E-state index < -0.39 is 0 Å². The smallest absolute Gasteiger partial charge is 0.0202 e. The topological polar surface area (TPSA) is 0 Å². The van der Waals surface area contributed by atoms with Gasteiger partial charge in [-0.15, -0.1) is 0 Å². The Labute approximate surface area is 69.7 Å². The molecule has 62 valence electrons. The van der Waals surface area contributed by atoms with Gasteiger partial charge in [0.2, 0.25) is 0 Å². The third kappa shape index (κ3) is 1.50. The lowest BCUT2D eigenvalue weighted by atomic mass is 9.91. The molecule has 11 heavy (non-hydrogen) atoms. The summed E-state index contributed by atoms with van der Waals surface area (Å²) in [4.78, 5) is 0. The van der Waals surface area contributed by atoms with Gasteiger partial charge in [0.15, 0.2) is 0 Å². The first-order chi connectivity index (χ1) is 5.36. The zero-order valence-electron chi connectivity index (χ0n) is 7.42. The van der Waals surface area contributed by atoms with E-state index in [1.807, 2.05) is 0 Å². The lowest BCUT2D eigenvalue weighted by Gasteiger charge is -2.14. The highest BCUT2D eigenvalue weighted by atomic mass is 14.3. The van der Waals surface area contributed by atoms with Crippen molar-refractivity contribution in [2.24, 2.45) is 17.8 Å². The third-order valence-electron chi connectivity index (χ3n) is 3.45. The molecule has 0 heteroatoms. The fraction of sp³-hybridized carbons (Fsp3) is 0.818. The van der Waals surface area contributed by atoms with Gasteiger partial charge in [-0.3, -0.25) is 0 Å². The molecule has 3 atom stereocenters. The SMILES string of the molecule is CC1CCC2C=CCC2CC1. The Hall–Kier alpha value is -0.260. The third-order valence-corrected chi connectivity index (χ3v) is 3.45. The number of fused-ring (bicyclic) bond motifs is 1. The van der Waals surface area contributed by atoms with Crippen LogP contribution in [0.4, 0.5) is 0 Å². The molecule has 0 heterocycles. The van der Waals surface area contributed by atoms with Crippen molar-refractivity contribution in [1.29, 1.82) is 0 Å². The van der Waals surface area contributed by atoms with Crippen LogP contribution in [0.3, 0.4) is 0 Å². The average Bonchev–Trinajstić information content (AvgIpc) is 2.38. The standard InChI is InChI=1S/C11H18/c1-9-5-7-10-3-2-4-11(10)8-6-9/h2-3,9-11H,4-8H2,1H3. The average molecular weight is 150 g/mol. The van der Waals surface area contributed by atoms with Crippen molar-refractivity contribution >= 4 is 0 Å². The van der Waals surface area contributed by atoms with E-state index in [-0.39, 0.29) is 0 Å². The van der Waals surface area contributed by atoms with Gasteiger partial charge >= 0.3 is 0 Å². The summed E-state index contributed by atoms with van der Waals surface area (Å²) in [5.41, 5.74) is 0. The van der Waals surface area contributed by atoms with Gasteiger partial charge in [0, 0.05) is 0 Å². The van der Waals surface area contributed by atoms with Gasteiger partial charge in [0.05, 0.1) is 0 Å². The fourth-order valence-corrected chi connectivity index (χ4v) is 2.54. The van der Waals surface area contributed by atoms with Gasteiger partial charge < -0.3 is 0 Å². The Morgan fingerprint density at radius 1 is 1.09 bits per heavy atom. The van der Waals surface area contributed by atoms with Crippen molar-refractivity contribution in [2.45, 2.75) is 39.0 Å². The molecule has 3 unspecified atom stereocenters. The van der Waals surface area contributed by atoms with Crippen molar-refractivity contribution in [3.63, 3.8) is 0 Å². The van der Waals surface area contributed by atoms with Crippen LogP contribution >= 0.6 is 0 Å². The normalized spacial score (nSPS) is 43.5. The number of hydrogen-bond donors (Lipinski definition) is 0. The van der Waals surface area contributed by atoms with Crippen LogP contribution in [0.15, 0.2) is 12.2 Å². The van der Waals surface area contributed by atoms with E-state index in [4.69, 9.17) is 0 Å². The molecule has 2 rings (SSSR count). The molecule has 0 bridgehead atoms. The number of allylic oxidation sites excluding steroid dienone is 2. The molecule has 0 spiro atoms. The number of hydrogen-bond acceptors (Lipinski definition) is 0. The molecule has 2 aliphatic carbocycles. The highest BCUT2D eigenvalue weighted by Crippen LogP contribution is 2.38. The second-order valence-corrected chi connectivity index (χ2v) is 4.35. The van der Waals surface area contributed by atoms with Gasteiger partial charge in [-0.1, -0.05) is 31.9 Å². The predicted molar refractivity (Wildman–Crippen MR) is 48.4 cm³/mol. The van der Waals surface area contributed by atoms with Crippen LogP contribution in [-0.4, -0.2) is 0 Å². The molecule has 1 saturated carbocycles. The maximum Gasteiger partial charge on any atom is -0.0202 e. The van der Waals surface area contributed by atoms with Crippen LogP contribution in [0.5, 0.6) is 0 Å². The van der Waals surface area contributed by atoms with Crippen LogP contribution in [0.25, 0.3) is 0 Å². The molecule has 0 nitrogen and oxygen atoms in total. The first-order valence-electron chi connectivity index (χ1n) is 5.03. The molecule has 0 radical (unpaired) electrons. The highest BCUT2D eigenvalue weighted by Gasteiger charge is 2.25. The molecule has 0 amide bonds. The van der Waals surface area contributed by atoms with Gasteiger partial charge in [0.1, 0.15) is 0 Å². The van der Waals surface area contributed by atoms with Gasteiger partial charge in [-0.25, -0.2) is 0 Å². The molecule has 0 aromatic rings. The second-order valence-electron chi connectivity index (χ2n) is 4.35. The zero-order chi connectivity index (χ0) is 7.68. The van der Waals surface area contributed by atoms with Crippen molar-refractivity contribution in [3.05, 3.63) is 12.2 Å².